The molecular formula is C21H38N4O3. The van der Waals surface area contributed by atoms with Crippen LogP contribution in [0.2, 0.25) is 0 Å². The number of carbonyl (C=O) groups is 1. The van der Waals surface area contributed by atoms with Gasteiger partial charge in [-0.15, -0.1) is 0 Å². The number of hydrogen-bond donors (Lipinski definition) is 0. The lowest BCUT2D eigenvalue weighted by atomic mass is 9.90. The second kappa shape index (κ2) is 8.86. The summed E-state index contributed by atoms with van der Waals surface area (Å²) in [5, 5.41) is 0. The van der Waals surface area contributed by atoms with E-state index in [1.807, 2.05) is 4.90 Å². The van der Waals surface area contributed by atoms with Crippen LogP contribution >= 0.6 is 0 Å². The molecule has 1 amide bonds. The van der Waals surface area contributed by atoms with E-state index in [-0.39, 0.29) is 11.7 Å². The van der Waals surface area contributed by atoms with Gasteiger partial charge in [0.15, 0.2) is 0 Å². The number of piperazine rings is 1. The molecule has 4 aliphatic heterocycles. The summed E-state index contributed by atoms with van der Waals surface area (Å²) in [7, 11) is 0. The van der Waals surface area contributed by atoms with Crippen molar-refractivity contribution in [1.29, 1.82) is 0 Å². The number of rotatable bonds is 6. The van der Waals surface area contributed by atoms with E-state index in [2.05, 4.69) is 28.5 Å². The lowest BCUT2D eigenvalue weighted by Crippen LogP contribution is -2.51. The minimum Gasteiger partial charge on any atom is -0.441 e. The summed E-state index contributed by atoms with van der Waals surface area (Å²) in [5.41, 5.74) is -0.240. The molecule has 7 heteroatoms. The summed E-state index contributed by atoms with van der Waals surface area (Å²) in [5.74, 6) is 0.688. The van der Waals surface area contributed by atoms with Gasteiger partial charge in [-0.3, -0.25) is 9.80 Å². The third-order valence-corrected chi connectivity index (χ3v) is 7.17. The van der Waals surface area contributed by atoms with E-state index >= 15 is 0 Å². The SMILES string of the molecule is CC(C)N1CCN(CCN2CC3(CCN(CC4CCOC4)CC3)OC2=O)CC1. The number of amides is 1. The fourth-order valence-electron chi connectivity index (χ4n) is 5.13. The average Bonchev–Trinajstić information content (AvgIpc) is 3.30. The molecule has 7 nitrogen and oxygen atoms in total. The highest BCUT2D eigenvalue weighted by Gasteiger charge is 2.47. The van der Waals surface area contributed by atoms with Gasteiger partial charge in [-0.25, -0.2) is 4.79 Å². The maximum Gasteiger partial charge on any atom is 0.410 e. The molecule has 1 atom stereocenters. The zero-order valence-electron chi connectivity index (χ0n) is 17.8. The molecule has 1 spiro atoms. The molecule has 0 aromatic carbocycles. The Kier molecular flexibility index (Phi) is 6.45. The van der Waals surface area contributed by atoms with Gasteiger partial charge in [0.1, 0.15) is 5.60 Å². The van der Waals surface area contributed by atoms with Crippen LogP contribution in [0.5, 0.6) is 0 Å². The zero-order chi connectivity index (χ0) is 19.6. The van der Waals surface area contributed by atoms with Crippen molar-refractivity contribution in [3.05, 3.63) is 0 Å². The Labute approximate surface area is 169 Å². The second-order valence-corrected chi connectivity index (χ2v) is 9.47. The topological polar surface area (TPSA) is 48.5 Å². The van der Waals surface area contributed by atoms with E-state index in [4.69, 9.17) is 9.47 Å². The highest BCUT2D eigenvalue weighted by atomic mass is 16.6. The average molecular weight is 395 g/mol. The van der Waals surface area contributed by atoms with Gasteiger partial charge in [-0.05, 0) is 26.2 Å². The maximum atomic E-state index is 12.5. The molecule has 28 heavy (non-hydrogen) atoms. The first-order valence-electron chi connectivity index (χ1n) is 11.3. The standard InChI is InChI=1S/C21H38N4O3/c1-18(2)24-11-8-22(9-12-24)10-13-25-17-21(28-20(25)26)4-6-23(7-5-21)15-19-3-14-27-16-19/h18-19H,3-17H2,1-2H3. The number of hydrogen-bond acceptors (Lipinski definition) is 6. The van der Waals surface area contributed by atoms with Gasteiger partial charge in [-0.1, -0.05) is 0 Å². The van der Waals surface area contributed by atoms with Crippen molar-refractivity contribution in [1.82, 2.24) is 19.6 Å². The van der Waals surface area contributed by atoms with Crippen LogP contribution in [0.25, 0.3) is 0 Å². The van der Waals surface area contributed by atoms with Crippen molar-refractivity contribution < 1.29 is 14.3 Å². The normalized spacial score (nSPS) is 29.9. The molecule has 4 aliphatic rings. The summed E-state index contributed by atoms with van der Waals surface area (Å²) < 4.78 is 11.4. The van der Waals surface area contributed by atoms with Crippen LogP contribution in [0.4, 0.5) is 4.79 Å². The Morgan fingerprint density at radius 2 is 1.79 bits per heavy atom. The number of nitrogens with zero attached hydrogens (tertiary/aromatic N) is 4. The fraction of sp³-hybridized carbons (Fsp3) is 0.952. The van der Waals surface area contributed by atoms with Crippen molar-refractivity contribution in [2.75, 3.05) is 78.7 Å². The van der Waals surface area contributed by atoms with E-state index in [0.717, 1.165) is 91.5 Å². The molecule has 0 saturated carbocycles. The van der Waals surface area contributed by atoms with Crippen LogP contribution < -0.4 is 0 Å². The third-order valence-electron chi connectivity index (χ3n) is 7.17. The Bertz CT molecular complexity index is 522. The Morgan fingerprint density at radius 3 is 2.43 bits per heavy atom. The number of likely N-dealkylation sites (tertiary alicyclic amines) is 1. The minimum absolute atomic E-state index is 0.0986. The number of piperidine rings is 1. The Morgan fingerprint density at radius 1 is 1.04 bits per heavy atom. The lowest BCUT2D eigenvalue weighted by molar-refractivity contribution is -0.00294. The molecule has 0 aromatic heterocycles. The molecule has 0 aliphatic carbocycles. The van der Waals surface area contributed by atoms with E-state index < -0.39 is 0 Å². The molecule has 0 N–H and O–H groups in total. The van der Waals surface area contributed by atoms with E-state index in [9.17, 15) is 4.79 Å². The van der Waals surface area contributed by atoms with E-state index in [1.165, 1.54) is 6.42 Å². The maximum absolute atomic E-state index is 12.5. The Hall–Kier alpha value is -0.890. The van der Waals surface area contributed by atoms with Gasteiger partial charge in [0.05, 0.1) is 13.2 Å². The minimum atomic E-state index is -0.240. The van der Waals surface area contributed by atoms with Crippen LogP contribution in [0, 0.1) is 5.92 Å². The first-order valence-corrected chi connectivity index (χ1v) is 11.3. The van der Waals surface area contributed by atoms with Crippen LogP contribution in [0.15, 0.2) is 0 Å². The molecular weight excluding hydrogens is 356 g/mol. The molecule has 0 aromatic rings. The first-order chi connectivity index (χ1) is 13.5. The summed E-state index contributed by atoms with van der Waals surface area (Å²) in [4.78, 5) is 22.0. The molecule has 0 bridgehead atoms. The van der Waals surface area contributed by atoms with Crippen LogP contribution in [-0.2, 0) is 9.47 Å². The van der Waals surface area contributed by atoms with Gasteiger partial charge in [-0.2, -0.15) is 0 Å². The van der Waals surface area contributed by atoms with Gasteiger partial charge in [0, 0.05) is 84.4 Å². The number of carbonyl (C=O) groups excluding carboxylic acids is 1. The van der Waals surface area contributed by atoms with E-state index in [1.54, 1.807) is 0 Å². The highest BCUT2D eigenvalue weighted by Crippen LogP contribution is 2.33. The quantitative estimate of drug-likeness (QED) is 0.678. The molecule has 4 rings (SSSR count). The summed E-state index contributed by atoms with van der Waals surface area (Å²) in [6.45, 7) is 16.6. The van der Waals surface area contributed by atoms with Gasteiger partial charge >= 0.3 is 6.09 Å². The Balaban J connectivity index is 1.19. The summed E-state index contributed by atoms with van der Waals surface area (Å²) in [6, 6.07) is 0.627. The molecule has 0 radical (unpaired) electrons. The highest BCUT2D eigenvalue weighted by molar-refractivity contribution is 5.70. The van der Waals surface area contributed by atoms with Crippen molar-refractivity contribution >= 4 is 6.09 Å². The van der Waals surface area contributed by atoms with Crippen LogP contribution in [0.3, 0.4) is 0 Å². The smallest absolute Gasteiger partial charge is 0.410 e. The lowest BCUT2D eigenvalue weighted by Gasteiger charge is -2.38. The first kappa shape index (κ1) is 20.4. The molecule has 4 saturated heterocycles. The van der Waals surface area contributed by atoms with Gasteiger partial charge in [0.25, 0.3) is 0 Å². The zero-order valence-corrected chi connectivity index (χ0v) is 17.8. The summed E-state index contributed by atoms with van der Waals surface area (Å²) in [6.07, 6.45) is 3.03. The molecule has 4 heterocycles. The number of ether oxygens (including phenoxy) is 2. The van der Waals surface area contributed by atoms with Crippen molar-refractivity contribution in [2.45, 2.75) is 44.8 Å². The van der Waals surface area contributed by atoms with E-state index in [0.29, 0.717) is 12.0 Å². The monoisotopic (exact) mass is 394 g/mol. The van der Waals surface area contributed by atoms with Crippen molar-refractivity contribution in [3.8, 4) is 0 Å². The van der Waals surface area contributed by atoms with Crippen molar-refractivity contribution in [2.24, 2.45) is 5.92 Å². The fourth-order valence-corrected chi connectivity index (χ4v) is 5.13. The molecule has 1 unspecified atom stereocenters. The van der Waals surface area contributed by atoms with Crippen molar-refractivity contribution in [3.63, 3.8) is 0 Å². The molecule has 160 valence electrons. The molecule has 4 fully saturated rings. The second-order valence-electron chi connectivity index (χ2n) is 9.47. The van der Waals surface area contributed by atoms with Crippen LogP contribution in [-0.4, -0.2) is 116 Å². The largest absolute Gasteiger partial charge is 0.441 e. The third kappa shape index (κ3) is 4.81. The van der Waals surface area contributed by atoms with Crippen LogP contribution in [0.1, 0.15) is 33.1 Å². The van der Waals surface area contributed by atoms with Gasteiger partial charge < -0.3 is 19.3 Å². The van der Waals surface area contributed by atoms with Gasteiger partial charge in [0.2, 0.25) is 0 Å². The summed E-state index contributed by atoms with van der Waals surface area (Å²) >= 11 is 0. The predicted octanol–water partition coefficient (Wildman–Crippen LogP) is 1.34. The predicted molar refractivity (Wildman–Crippen MR) is 109 cm³/mol.